The van der Waals surface area contributed by atoms with Gasteiger partial charge in [-0.05, 0) is 31.5 Å². The van der Waals surface area contributed by atoms with E-state index in [0.29, 0.717) is 29.2 Å². The average Bonchev–Trinajstić information content (AvgIpc) is 3.33. The second-order valence-corrected chi connectivity index (χ2v) is 7.50. The first-order valence-electron chi connectivity index (χ1n) is 10.1. The summed E-state index contributed by atoms with van der Waals surface area (Å²) < 4.78 is 10.8. The first-order valence-corrected chi connectivity index (χ1v) is 10.1. The molecule has 0 aliphatic carbocycles. The number of hydrogen-bond acceptors (Lipinski definition) is 6. The quantitative estimate of drug-likeness (QED) is 0.268. The Hall–Kier alpha value is -4.13. The Morgan fingerprint density at radius 2 is 1.94 bits per heavy atom. The van der Waals surface area contributed by atoms with Gasteiger partial charge >= 0.3 is 5.91 Å². The average molecular weight is 430 g/mol. The Morgan fingerprint density at radius 1 is 1.19 bits per heavy atom. The SMILES string of the molecule is C=CCOc1cccc([C@@H]2/C(=C(\O)c3ccc(C)cc3)C(=O)C(=O)N2c2cc(C)on2)c1. The molecule has 0 spiro atoms. The number of hydrogen-bond donors (Lipinski definition) is 1. The molecule has 1 aliphatic rings. The van der Waals surface area contributed by atoms with Crippen LogP contribution in [0.15, 0.2) is 77.3 Å². The Morgan fingerprint density at radius 3 is 2.59 bits per heavy atom. The van der Waals surface area contributed by atoms with Crippen LogP contribution in [0.25, 0.3) is 5.76 Å². The van der Waals surface area contributed by atoms with Gasteiger partial charge in [0.05, 0.1) is 11.6 Å². The van der Waals surface area contributed by atoms with Crippen LogP contribution in [0.2, 0.25) is 0 Å². The third-order valence-corrected chi connectivity index (χ3v) is 5.17. The van der Waals surface area contributed by atoms with Crippen molar-refractivity contribution < 1.29 is 24.0 Å². The molecule has 2 aromatic carbocycles. The van der Waals surface area contributed by atoms with Gasteiger partial charge in [0.2, 0.25) is 0 Å². The lowest BCUT2D eigenvalue weighted by molar-refractivity contribution is -0.132. The first-order chi connectivity index (χ1) is 15.4. The molecular formula is C25H22N2O5. The predicted octanol–water partition coefficient (Wildman–Crippen LogP) is 4.48. The molecule has 7 nitrogen and oxygen atoms in total. The van der Waals surface area contributed by atoms with Crippen LogP contribution in [0.4, 0.5) is 5.82 Å². The number of benzene rings is 2. The summed E-state index contributed by atoms with van der Waals surface area (Å²) in [5, 5.41) is 15.0. The topological polar surface area (TPSA) is 92.9 Å². The van der Waals surface area contributed by atoms with Crippen molar-refractivity contribution >= 4 is 23.3 Å². The summed E-state index contributed by atoms with van der Waals surface area (Å²) in [5.74, 6) is -0.633. The minimum absolute atomic E-state index is 0.0274. The highest BCUT2D eigenvalue weighted by Gasteiger charge is 2.48. The normalized spacial score (nSPS) is 17.6. The second-order valence-electron chi connectivity index (χ2n) is 7.50. The molecule has 0 saturated carbocycles. The van der Waals surface area contributed by atoms with E-state index in [9.17, 15) is 14.7 Å². The maximum absolute atomic E-state index is 13.1. The van der Waals surface area contributed by atoms with E-state index in [1.165, 1.54) is 4.90 Å². The summed E-state index contributed by atoms with van der Waals surface area (Å²) in [4.78, 5) is 27.4. The number of nitrogens with zero attached hydrogens (tertiary/aromatic N) is 2. The highest BCUT2D eigenvalue weighted by Crippen LogP contribution is 2.42. The number of aryl methyl sites for hydroxylation is 2. The lowest BCUT2D eigenvalue weighted by Gasteiger charge is -2.23. The number of Topliss-reactive ketones (excluding diaryl/α,β-unsaturated/α-hetero) is 1. The fourth-order valence-corrected chi connectivity index (χ4v) is 3.65. The zero-order valence-corrected chi connectivity index (χ0v) is 17.7. The molecule has 1 aromatic heterocycles. The number of carbonyl (C=O) groups excluding carboxylic acids is 2. The van der Waals surface area contributed by atoms with Crippen molar-refractivity contribution in [2.75, 3.05) is 11.5 Å². The molecule has 0 unspecified atom stereocenters. The van der Waals surface area contributed by atoms with Gasteiger partial charge in [0.25, 0.3) is 5.78 Å². The Labute approximate surface area is 185 Å². The number of aliphatic hydroxyl groups excluding tert-OH is 1. The molecule has 1 atom stereocenters. The van der Waals surface area contributed by atoms with Gasteiger partial charge in [-0.3, -0.25) is 14.5 Å². The molecule has 1 saturated heterocycles. The van der Waals surface area contributed by atoms with Gasteiger partial charge in [-0.2, -0.15) is 0 Å². The van der Waals surface area contributed by atoms with Crippen molar-refractivity contribution in [1.29, 1.82) is 0 Å². The molecule has 7 heteroatoms. The van der Waals surface area contributed by atoms with E-state index in [0.717, 1.165) is 5.56 Å². The van der Waals surface area contributed by atoms with Crippen LogP contribution >= 0.6 is 0 Å². The van der Waals surface area contributed by atoms with Crippen molar-refractivity contribution in [3.63, 3.8) is 0 Å². The van der Waals surface area contributed by atoms with Gasteiger partial charge < -0.3 is 14.4 Å². The van der Waals surface area contributed by atoms with E-state index in [1.807, 2.05) is 19.1 Å². The van der Waals surface area contributed by atoms with E-state index < -0.39 is 17.7 Å². The highest BCUT2D eigenvalue weighted by atomic mass is 16.5. The molecule has 1 N–H and O–H groups in total. The van der Waals surface area contributed by atoms with E-state index in [2.05, 4.69) is 11.7 Å². The third-order valence-electron chi connectivity index (χ3n) is 5.17. The van der Waals surface area contributed by atoms with Crippen LogP contribution in [-0.2, 0) is 9.59 Å². The number of anilines is 1. The predicted molar refractivity (Wildman–Crippen MR) is 119 cm³/mol. The van der Waals surface area contributed by atoms with Crippen LogP contribution < -0.4 is 9.64 Å². The molecule has 0 radical (unpaired) electrons. The monoisotopic (exact) mass is 430 g/mol. The summed E-state index contributed by atoms with van der Waals surface area (Å²) in [6.07, 6.45) is 1.62. The summed E-state index contributed by atoms with van der Waals surface area (Å²) in [5.41, 5.74) is 2.00. The smallest absolute Gasteiger partial charge is 0.301 e. The van der Waals surface area contributed by atoms with Crippen molar-refractivity contribution in [3.05, 3.63) is 95.3 Å². The maximum atomic E-state index is 13.1. The van der Waals surface area contributed by atoms with Gasteiger partial charge in [-0.1, -0.05) is 59.8 Å². The molecule has 4 rings (SSSR count). The summed E-state index contributed by atoms with van der Waals surface area (Å²) in [6.45, 7) is 7.56. The van der Waals surface area contributed by atoms with Gasteiger partial charge in [0, 0.05) is 11.6 Å². The lowest BCUT2D eigenvalue weighted by atomic mass is 9.95. The minimum atomic E-state index is -0.909. The summed E-state index contributed by atoms with van der Waals surface area (Å²) >= 11 is 0. The standard InChI is InChI=1S/C25H22N2O5/c1-4-12-31-19-7-5-6-18(14-19)22-21(23(28)17-10-8-15(2)9-11-17)24(29)25(30)27(22)20-13-16(3)32-26-20/h4-11,13-14,22,28H,1,12H2,2-3H3/b23-21+/t22-/m1/s1. The lowest BCUT2D eigenvalue weighted by Crippen LogP contribution is -2.29. The van der Waals surface area contributed by atoms with Crippen LogP contribution in [-0.4, -0.2) is 28.6 Å². The Balaban J connectivity index is 1.90. The number of aromatic nitrogens is 1. The first kappa shape index (κ1) is 21.1. The number of amides is 1. The summed E-state index contributed by atoms with van der Waals surface area (Å²) in [7, 11) is 0. The largest absolute Gasteiger partial charge is 0.507 e. The number of rotatable bonds is 6. The fourth-order valence-electron chi connectivity index (χ4n) is 3.65. The number of carbonyl (C=O) groups is 2. The number of ketones is 1. The molecular weight excluding hydrogens is 408 g/mol. The van der Waals surface area contributed by atoms with Crippen molar-refractivity contribution in [1.82, 2.24) is 5.16 Å². The van der Waals surface area contributed by atoms with E-state index >= 15 is 0 Å². The molecule has 3 aromatic rings. The molecule has 1 fully saturated rings. The molecule has 0 bridgehead atoms. The van der Waals surface area contributed by atoms with Gasteiger partial charge in [0.1, 0.15) is 23.9 Å². The van der Waals surface area contributed by atoms with Crippen molar-refractivity contribution in [2.24, 2.45) is 0 Å². The van der Waals surface area contributed by atoms with E-state index in [4.69, 9.17) is 9.26 Å². The summed E-state index contributed by atoms with van der Waals surface area (Å²) in [6, 6.07) is 14.7. The second kappa shape index (κ2) is 8.55. The van der Waals surface area contributed by atoms with Gasteiger partial charge in [-0.15, -0.1) is 0 Å². The number of aliphatic hydroxyl groups is 1. The van der Waals surface area contributed by atoms with Gasteiger partial charge in [-0.25, -0.2) is 0 Å². The molecule has 1 amide bonds. The molecule has 162 valence electrons. The maximum Gasteiger partial charge on any atom is 0.301 e. The van der Waals surface area contributed by atoms with Crippen LogP contribution in [0.1, 0.15) is 28.5 Å². The van der Waals surface area contributed by atoms with Crippen molar-refractivity contribution in [2.45, 2.75) is 19.9 Å². The molecule has 32 heavy (non-hydrogen) atoms. The van der Waals surface area contributed by atoms with E-state index in [-0.39, 0.29) is 17.2 Å². The Kier molecular flexibility index (Phi) is 5.64. The third kappa shape index (κ3) is 3.80. The van der Waals surface area contributed by atoms with Crippen LogP contribution in [0.5, 0.6) is 5.75 Å². The fraction of sp³-hybridized carbons (Fsp3) is 0.160. The van der Waals surface area contributed by atoms with Crippen LogP contribution in [0.3, 0.4) is 0 Å². The molecule has 1 aliphatic heterocycles. The molecule has 2 heterocycles. The highest BCUT2D eigenvalue weighted by molar-refractivity contribution is 6.51. The zero-order valence-electron chi connectivity index (χ0n) is 17.7. The number of ether oxygens (including phenoxy) is 1. The van der Waals surface area contributed by atoms with Gasteiger partial charge in [0.15, 0.2) is 5.82 Å². The van der Waals surface area contributed by atoms with Crippen LogP contribution in [0, 0.1) is 13.8 Å². The minimum Gasteiger partial charge on any atom is -0.507 e. The van der Waals surface area contributed by atoms with Crippen molar-refractivity contribution in [3.8, 4) is 5.75 Å². The Bertz CT molecular complexity index is 1220. The zero-order chi connectivity index (χ0) is 22.8. The van der Waals surface area contributed by atoms with E-state index in [1.54, 1.807) is 55.5 Å².